The Bertz CT molecular complexity index is 455. The van der Waals surface area contributed by atoms with Gasteiger partial charge in [0.05, 0.1) is 0 Å². The zero-order valence-corrected chi connectivity index (χ0v) is 9.80. The first-order valence-corrected chi connectivity index (χ1v) is 6.10. The van der Waals surface area contributed by atoms with E-state index in [0.717, 1.165) is 19.3 Å². The van der Waals surface area contributed by atoms with E-state index in [1.54, 1.807) is 0 Å². The fraction of sp³-hybridized carbons (Fsp3) is 0.700. The Morgan fingerprint density at radius 3 is 2.83 bits per heavy atom. The third-order valence-electron chi connectivity index (χ3n) is 3.28. The maximum Gasteiger partial charge on any atom is 0.296 e. The van der Waals surface area contributed by atoms with Gasteiger partial charge in [0.2, 0.25) is 5.91 Å². The maximum atomic E-state index is 12.1. The molecule has 0 radical (unpaired) electrons. The third-order valence-corrected chi connectivity index (χ3v) is 3.28. The van der Waals surface area contributed by atoms with Gasteiger partial charge in [0, 0.05) is 12.6 Å². The topological polar surface area (TPSA) is 104 Å². The summed E-state index contributed by atoms with van der Waals surface area (Å²) in [7, 11) is 0. The summed E-state index contributed by atoms with van der Waals surface area (Å²) in [6, 6.07) is -0.0863. The van der Waals surface area contributed by atoms with Crippen molar-refractivity contribution in [3.8, 4) is 0 Å². The van der Waals surface area contributed by atoms with Crippen molar-refractivity contribution in [1.29, 1.82) is 0 Å². The van der Waals surface area contributed by atoms with Gasteiger partial charge in [-0.3, -0.25) is 9.59 Å². The van der Waals surface area contributed by atoms with Crippen LogP contribution < -0.4 is 5.32 Å². The van der Waals surface area contributed by atoms with Crippen molar-refractivity contribution >= 4 is 11.8 Å². The molecule has 3 rings (SSSR count). The lowest BCUT2D eigenvalue weighted by Crippen LogP contribution is -2.46. The number of nitrogens with zero attached hydrogens (tertiary/aromatic N) is 4. The van der Waals surface area contributed by atoms with E-state index in [9.17, 15) is 9.59 Å². The van der Waals surface area contributed by atoms with Gasteiger partial charge in [0.15, 0.2) is 0 Å². The summed E-state index contributed by atoms with van der Waals surface area (Å²) in [6.45, 7) is 0.566. The van der Waals surface area contributed by atoms with Crippen LogP contribution >= 0.6 is 0 Å². The standard InChI is InChI=1S/C10H14N6O2/c17-9(11-6-3-4-6)7-2-1-5-16(7)10(18)8-12-14-15-13-8/h6-7H,1-5H2,(H,11,17)(H,12,13,14,15). The van der Waals surface area contributed by atoms with Crippen LogP contribution in [0.15, 0.2) is 0 Å². The minimum absolute atomic E-state index is 0.0149. The van der Waals surface area contributed by atoms with Crippen LogP contribution in [0.2, 0.25) is 0 Å². The molecule has 2 N–H and O–H groups in total. The Labute approximate surface area is 103 Å². The summed E-state index contributed by atoms with van der Waals surface area (Å²) in [5.41, 5.74) is 0. The fourth-order valence-corrected chi connectivity index (χ4v) is 2.19. The van der Waals surface area contributed by atoms with Gasteiger partial charge in [-0.25, -0.2) is 0 Å². The van der Waals surface area contributed by atoms with Gasteiger partial charge in [-0.2, -0.15) is 5.21 Å². The predicted molar refractivity (Wildman–Crippen MR) is 59.4 cm³/mol. The quantitative estimate of drug-likeness (QED) is 0.722. The smallest absolute Gasteiger partial charge is 0.296 e. The molecule has 18 heavy (non-hydrogen) atoms. The van der Waals surface area contributed by atoms with Crippen LogP contribution in [0.1, 0.15) is 36.3 Å². The lowest BCUT2D eigenvalue weighted by Gasteiger charge is -2.22. The number of tetrazole rings is 1. The van der Waals surface area contributed by atoms with E-state index in [4.69, 9.17) is 0 Å². The number of likely N-dealkylation sites (tertiary alicyclic amines) is 1. The molecule has 1 atom stereocenters. The summed E-state index contributed by atoms with van der Waals surface area (Å²) in [6.07, 6.45) is 3.60. The van der Waals surface area contributed by atoms with Crippen LogP contribution in [0.25, 0.3) is 0 Å². The van der Waals surface area contributed by atoms with Crippen molar-refractivity contribution in [2.45, 2.75) is 37.8 Å². The summed E-state index contributed by atoms with van der Waals surface area (Å²) in [4.78, 5) is 25.6. The van der Waals surface area contributed by atoms with Crippen LogP contribution in [0.4, 0.5) is 0 Å². The zero-order chi connectivity index (χ0) is 12.5. The van der Waals surface area contributed by atoms with Crippen LogP contribution in [0.3, 0.4) is 0 Å². The highest BCUT2D eigenvalue weighted by molar-refractivity contribution is 5.95. The molecule has 1 aromatic rings. The molecule has 0 aromatic carbocycles. The second kappa shape index (κ2) is 4.35. The number of nitrogens with one attached hydrogen (secondary N) is 2. The number of aromatic amines is 1. The lowest BCUT2D eigenvalue weighted by molar-refractivity contribution is -0.125. The molecule has 0 bridgehead atoms. The van der Waals surface area contributed by atoms with E-state index in [1.807, 2.05) is 0 Å². The number of amides is 2. The van der Waals surface area contributed by atoms with Gasteiger partial charge in [-0.05, 0) is 30.9 Å². The maximum absolute atomic E-state index is 12.1. The van der Waals surface area contributed by atoms with E-state index in [0.29, 0.717) is 19.0 Å². The molecular formula is C10H14N6O2. The van der Waals surface area contributed by atoms with Gasteiger partial charge in [0.1, 0.15) is 6.04 Å². The second-order valence-corrected chi connectivity index (χ2v) is 4.67. The molecule has 96 valence electrons. The number of carbonyl (C=O) groups is 2. The molecule has 1 aromatic heterocycles. The Morgan fingerprint density at radius 2 is 2.17 bits per heavy atom. The summed E-state index contributed by atoms with van der Waals surface area (Å²) in [5.74, 6) is -0.384. The van der Waals surface area contributed by atoms with E-state index < -0.39 is 6.04 Å². The monoisotopic (exact) mass is 250 g/mol. The highest BCUT2D eigenvalue weighted by Crippen LogP contribution is 2.23. The van der Waals surface area contributed by atoms with Gasteiger partial charge in [-0.15, -0.1) is 10.2 Å². The zero-order valence-electron chi connectivity index (χ0n) is 9.80. The van der Waals surface area contributed by atoms with Gasteiger partial charge in [-0.1, -0.05) is 0 Å². The molecule has 8 heteroatoms. The van der Waals surface area contributed by atoms with Gasteiger partial charge in [0.25, 0.3) is 11.7 Å². The van der Waals surface area contributed by atoms with Gasteiger partial charge < -0.3 is 10.2 Å². The molecule has 0 spiro atoms. The van der Waals surface area contributed by atoms with Crippen LogP contribution in [0.5, 0.6) is 0 Å². The first-order chi connectivity index (χ1) is 8.75. The van der Waals surface area contributed by atoms with E-state index in [2.05, 4.69) is 25.9 Å². The van der Waals surface area contributed by atoms with Crippen molar-refractivity contribution in [1.82, 2.24) is 30.8 Å². The molecule has 2 amide bonds. The molecular weight excluding hydrogens is 236 g/mol. The van der Waals surface area contributed by atoms with E-state index in [-0.39, 0.29) is 17.6 Å². The Hall–Kier alpha value is -1.99. The molecule has 1 saturated heterocycles. The molecule has 2 aliphatic rings. The van der Waals surface area contributed by atoms with Crippen LogP contribution in [0, 0.1) is 0 Å². The van der Waals surface area contributed by atoms with E-state index >= 15 is 0 Å². The molecule has 1 aliphatic heterocycles. The SMILES string of the molecule is O=C(NC1CC1)C1CCCN1C(=O)c1nn[nH]n1. The Kier molecular flexibility index (Phi) is 2.69. The largest absolute Gasteiger partial charge is 0.352 e. The first kappa shape index (κ1) is 11.1. The van der Waals surface area contributed by atoms with E-state index in [1.165, 1.54) is 4.90 Å². The third kappa shape index (κ3) is 2.05. The molecule has 1 unspecified atom stereocenters. The molecule has 1 aliphatic carbocycles. The first-order valence-electron chi connectivity index (χ1n) is 6.10. The predicted octanol–water partition coefficient (Wildman–Crippen LogP) is -0.917. The number of H-pyrrole nitrogens is 1. The number of hydrogen-bond acceptors (Lipinski definition) is 5. The summed E-state index contributed by atoms with van der Waals surface area (Å²) >= 11 is 0. The molecule has 8 nitrogen and oxygen atoms in total. The number of hydrogen-bond donors (Lipinski definition) is 2. The van der Waals surface area contributed by atoms with Crippen molar-refractivity contribution in [3.05, 3.63) is 5.82 Å². The fourth-order valence-electron chi connectivity index (χ4n) is 2.19. The van der Waals surface area contributed by atoms with Crippen LogP contribution in [-0.4, -0.2) is 56.0 Å². The normalized spacial score (nSPS) is 23.1. The average Bonchev–Trinajstić information content (AvgIpc) is 2.91. The van der Waals surface area contributed by atoms with Crippen LogP contribution in [-0.2, 0) is 4.79 Å². The Balaban J connectivity index is 1.70. The molecule has 2 heterocycles. The Morgan fingerprint density at radius 1 is 1.33 bits per heavy atom. The van der Waals surface area contributed by atoms with Crippen molar-refractivity contribution in [2.75, 3.05) is 6.54 Å². The highest BCUT2D eigenvalue weighted by atomic mass is 16.2. The minimum atomic E-state index is -0.392. The number of aromatic nitrogens is 4. The lowest BCUT2D eigenvalue weighted by atomic mass is 10.2. The average molecular weight is 250 g/mol. The molecule has 1 saturated carbocycles. The van der Waals surface area contributed by atoms with Crippen molar-refractivity contribution in [3.63, 3.8) is 0 Å². The van der Waals surface area contributed by atoms with Crippen molar-refractivity contribution < 1.29 is 9.59 Å². The van der Waals surface area contributed by atoms with Gasteiger partial charge >= 0.3 is 0 Å². The highest BCUT2D eigenvalue weighted by Gasteiger charge is 2.37. The molecule has 2 fully saturated rings. The second-order valence-electron chi connectivity index (χ2n) is 4.67. The number of carbonyl (C=O) groups excluding carboxylic acids is 2. The minimum Gasteiger partial charge on any atom is -0.352 e. The van der Waals surface area contributed by atoms with Crippen molar-refractivity contribution in [2.24, 2.45) is 0 Å². The summed E-state index contributed by atoms with van der Waals surface area (Å²) < 4.78 is 0. The number of rotatable bonds is 3. The summed E-state index contributed by atoms with van der Waals surface area (Å²) in [5, 5.41) is 15.8.